The van der Waals surface area contributed by atoms with Gasteiger partial charge >= 0.3 is 0 Å². The van der Waals surface area contributed by atoms with Gasteiger partial charge in [0.1, 0.15) is 0 Å². The maximum Gasteiger partial charge on any atom is 0.174 e. The van der Waals surface area contributed by atoms with Crippen molar-refractivity contribution in [2.24, 2.45) is 0 Å². The highest BCUT2D eigenvalue weighted by molar-refractivity contribution is 9.10. The molecule has 1 atom stereocenters. The molecule has 1 unspecified atom stereocenters. The lowest BCUT2D eigenvalue weighted by Gasteiger charge is -2.22. The molecule has 0 bridgehead atoms. The monoisotopic (exact) mass is 335 g/mol. The average Bonchev–Trinajstić information content (AvgIpc) is 2.81. The number of nitrogens with one attached hydrogen (secondary N) is 1. The first kappa shape index (κ1) is 15.3. The molecule has 1 aromatic carbocycles. The topological polar surface area (TPSA) is 25.2 Å². The Morgan fingerprint density at radius 1 is 1.15 bits per heavy atom. The van der Waals surface area contributed by atoms with Crippen molar-refractivity contribution in [1.29, 1.82) is 0 Å². The van der Waals surface area contributed by atoms with E-state index in [1.165, 1.54) is 11.1 Å². The first-order valence-electron chi connectivity index (χ1n) is 7.00. The van der Waals surface area contributed by atoms with Gasteiger partial charge in [0, 0.05) is 5.56 Å². The van der Waals surface area contributed by atoms with Crippen molar-refractivity contribution in [2.45, 2.75) is 39.2 Å². The fourth-order valence-electron chi connectivity index (χ4n) is 2.30. The third-order valence-corrected chi connectivity index (χ3v) is 4.12. The minimum absolute atomic E-state index is 0.155. The number of rotatable bonds is 4. The van der Waals surface area contributed by atoms with Crippen molar-refractivity contribution >= 4 is 15.9 Å². The maximum atomic E-state index is 5.37. The van der Waals surface area contributed by atoms with E-state index in [4.69, 9.17) is 4.42 Å². The number of benzene rings is 1. The van der Waals surface area contributed by atoms with E-state index in [9.17, 15) is 0 Å². The van der Waals surface area contributed by atoms with Gasteiger partial charge in [-0.1, -0.05) is 52.0 Å². The van der Waals surface area contributed by atoms with E-state index in [1.807, 2.05) is 6.07 Å². The van der Waals surface area contributed by atoms with E-state index >= 15 is 0 Å². The summed E-state index contributed by atoms with van der Waals surface area (Å²) in [7, 11) is 0. The van der Waals surface area contributed by atoms with Gasteiger partial charge in [-0.15, -0.1) is 0 Å². The van der Waals surface area contributed by atoms with E-state index in [0.29, 0.717) is 0 Å². The molecule has 0 spiro atoms. The molecule has 0 saturated carbocycles. The number of halogens is 1. The Bertz CT molecular complexity index is 551. The highest BCUT2D eigenvalue weighted by Crippen LogP contribution is 2.31. The molecule has 108 valence electrons. The minimum Gasteiger partial charge on any atom is -0.457 e. The summed E-state index contributed by atoms with van der Waals surface area (Å²) in [6.45, 7) is 9.72. The fourth-order valence-corrected chi connectivity index (χ4v) is 2.77. The molecule has 1 N–H and O–H groups in total. The summed E-state index contributed by atoms with van der Waals surface area (Å²) >= 11 is 3.47. The fraction of sp³-hybridized carbons (Fsp3) is 0.412. The van der Waals surface area contributed by atoms with Crippen molar-refractivity contribution in [3.8, 4) is 0 Å². The average molecular weight is 336 g/mol. The van der Waals surface area contributed by atoms with Crippen molar-refractivity contribution in [2.75, 3.05) is 6.54 Å². The molecule has 0 saturated heterocycles. The number of hydrogen-bond donors (Lipinski definition) is 1. The number of furan rings is 1. The first-order valence-corrected chi connectivity index (χ1v) is 7.79. The van der Waals surface area contributed by atoms with Gasteiger partial charge in [-0.3, -0.25) is 0 Å². The second kappa shape index (κ2) is 6.15. The Labute approximate surface area is 129 Å². The van der Waals surface area contributed by atoms with Crippen LogP contribution in [-0.2, 0) is 5.41 Å². The quantitative estimate of drug-likeness (QED) is 0.846. The van der Waals surface area contributed by atoms with Crippen LogP contribution in [0.3, 0.4) is 0 Å². The lowest BCUT2D eigenvalue weighted by Crippen LogP contribution is -2.22. The Hall–Kier alpha value is -1.06. The molecule has 0 amide bonds. The molecule has 0 aliphatic rings. The van der Waals surface area contributed by atoms with Gasteiger partial charge in [-0.2, -0.15) is 0 Å². The van der Waals surface area contributed by atoms with Crippen LogP contribution >= 0.6 is 15.9 Å². The molecule has 3 heteroatoms. The molecule has 1 aromatic heterocycles. The lowest BCUT2D eigenvalue weighted by molar-refractivity contribution is 0.526. The molecule has 1 heterocycles. The van der Waals surface area contributed by atoms with Crippen molar-refractivity contribution in [3.05, 3.63) is 58.0 Å². The zero-order valence-corrected chi connectivity index (χ0v) is 14.1. The standard InChI is InChI=1S/C17H22BrNO/c1-5-19-15(14-10-11-20-16(14)18)12-6-8-13(9-7-12)17(2,3)4/h6-11,15,19H,5H2,1-4H3. The predicted molar refractivity (Wildman–Crippen MR) is 87.1 cm³/mol. The third kappa shape index (κ3) is 3.33. The van der Waals surface area contributed by atoms with Crippen LogP contribution in [0.2, 0.25) is 0 Å². The molecular formula is C17H22BrNO. The first-order chi connectivity index (χ1) is 9.43. The highest BCUT2D eigenvalue weighted by atomic mass is 79.9. The van der Waals surface area contributed by atoms with Gasteiger partial charge < -0.3 is 9.73 Å². The van der Waals surface area contributed by atoms with Gasteiger partial charge in [-0.05, 0) is 45.1 Å². The van der Waals surface area contributed by atoms with E-state index in [0.717, 1.165) is 16.8 Å². The Morgan fingerprint density at radius 2 is 1.80 bits per heavy atom. The Balaban J connectivity index is 2.33. The number of hydrogen-bond acceptors (Lipinski definition) is 2. The predicted octanol–water partition coefficient (Wildman–Crippen LogP) is 5.04. The molecule has 0 aliphatic heterocycles. The lowest BCUT2D eigenvalue weighted by atomic mass is 9.86. The van der Waals surface area contributed by atoms with Gasteiger partial charge in [0.05, 0.1) is 12.3 Å². The van der Waals surface area contributed by atoms with Gasteiger partial charge in [-0.25, -0.2) is 0 Å². The molecule has 2 rings (SSSR count). The summed E-state index contributed by atoms with van der Waals surface area (Å²) in [4.78, 5) is 0. The van der Waals surface area contributed by atoms with E-state index in [-0.39, 0.29) is 11.5 Å². The van der Waals surface area contributed by atoms with Gasteiger partial charge in [0.15, 0.2) is 4.67 Å². The van der Waals surface area contributed by atoms with Crippen LogP contribution in [0.4, 0.5) is 0 Å². The second-order valence-corrected chi connectivity index (χ2v) is 6.73. The van der Waals surface area contributed by atoms with Crippen molar-refractivity contribution < 1.29 is 4.42 Å². The second-order valence-electron chi connectivity index (χ2n) is 6.01. The van der Waals surface area contributed by atoms with Crippen molar-refractivity contribution in [1.82, 2.24) is 5.32 Å². The van der Waals surface area contributed by atoms with Crippen LogP contribution in [-0.4, -0.2) is 6.54 Å². The molecule has 20 heavy (non-hydrogen) atoms. The normalized spacial score (nSPS) is 13.4. The summed E-state index contributed by atoms with van der Waals surface area (Å²) in [5.41, 5.74) is 3.92. The smallest absolute Gasteiger partial charge is 0.174 e. The third-order valence-electron chi connectivity index (χ3n) is 3.48. The molecule has 0 aliphatic carbocycles. The van der Waals surface area contributed by atoms with Crippen LogP contribution < -0.4 is 5.32 Å². The zero-order valence-electron chi connectivity index (χ0n) is 12.5. The summed E-state index contributed by atoms with van der Waals surface area (Å²) in [6.07, 6.45) is 1.72. The molecule has 0 fully saturated rings. The Kier molecular flexibility index (Phi) is 4.71. The molecule has 2 nitrogen and oxygen atoms in total. The van der Waals surface area contributed by atoms with Crippen LogP contribution in [0, 0.1) is 0 Å². The van der Waals surface area contributed by atoms with Crippen molar-refractivity contribution in [3.63, 3.8) is 0 Å². The summed E-state index contributed by atoms with van der Waals surface area (Å²) in [6, 6.07) is 11.0. The van der Waals surface area contributed by atoms with Gasteiger partial charge in [0.2, 0.25) is 0 Å². The molecule has 2 aromatic rings. The molecular weight excluding hydrogens is 314 g/mol. The van der Waals surface area contributed by atoms with Crippen LogP contribution in [0.25, 0.3) is 0 Å². The van der Waals surface area contributed by atoms with E-state index < -0.39 is 0 Å². The maximum absolute atomic E-state index is 5.37. The SMILES string of the molecule is CCNC(c1ccc(C(C)(C)C)cc1)c1ccoc1Br. The van der Waals surface area contributed by atoms with E-state index in [2.05, 4.69) is 73.2 Å². The summed E-state index contributed by atoms with van der Waals surface area (Å²) in [5, 5.41) is 3.51. The van der Waals surface area contributed by atoms with Crippen LogP contribution in [0.1, 0.15) is 50.4 Å². The largest absolute Gasteiger partial charge is 0.457 e. The van der Waals surface area contributed by atoms with E-state index in [1.54, 1.807) is 6.26 Å². The summed E-state index contributed by atoms with van der Waals surface area (Å²) in [5.74, 6) is 0. The Morgan fingerprint density at radius 3 is 2.25 bits per heavy atom. The highest BCUT2D eigenvalue weighted by Gasteiger charge is 2.19. The minimum atomic E-state index is 0.155. The zero-order chi connectivity index (χ0) is 14.8. The van der Waals surface area contributed by atoms with Crippen LogP contribution in [0.5, 0.6) is 0 Å². The molecule has 0 radical (unpaired) electrons. The van der Waals surface area contributed by atoms with Gasteiger partial charge in [0.25, 0.3) is 0 Å². The summed E-state index contributed by atoms with van der Waals surface area (Å²) < 4.78 is 6.16. The van der Waals surface area contributed by atoms with Crippen LogP contribution in [0.15, 0.2) is 45.7 Å².